The number of benzene rings is 8. The minimum absolute atomic E-state index is 0.0816. The number of para-hydroxylation sites is 2. The van der Waals surface area contributed by atoms with Crippen molar-refractivity contribution in [3.63, 3.8) is 0 Å². The van der Waals surface area contributed by atoms with Crippen LogP contribution in [0.5, 0.6) is 0 Å². The molecule has 2 aromatic heterocycles. The third-order valence-electron chi connectivity index (χ3n) is 13.7. The Labute approximate surface area is 371 Å². The Hall–Kier alpha value is -7.36. The molecule has 12 rings (SSSR count). The van der Waals surface area contributed by atoms with Gasteiger partial charge in [-0.2, -0.15) is 0 Å². The first-order valence-corrected chi connectivity index (χ1v) is 22.4. The number of rotatable bonds is 6. The molecule has 3 nitrogen and oxygen atoms in total. The van der Waals surface area contributed by atoms with Gasteiger partial charge in [0.25, 0.3) is 0 Å². The Morgan fingerprint density at radius 3 is 1.59 bits per heavy atom. The lowest BCUT2D eigenvalue weighted by molar-refractivity contribution is 0.644. The molecule has 1 aliphatic heterocycles. The van der Waals surface area contributed by atoms with E-state index in [4.69, 9.17) is 0 Å². The zero-order valence-corrected chi connectivity index (χ0v) is 36.9. The molecule has 63 heavy (non-hydrogen) atoms. The fourth-order valence-corrected chi connectivity index (χ4v) is 10.5. The lowest BCUT2D eigenvalue weighted by Gasteiger charge is -2.28. The molecule has 0 saturated carbocycles. The second-order valence-electron chi connectivity index (χ2n) is 17.8. The molecule has 0 atom stereocenters. The molecular weight excluding hydrogens is 763 g/mol. The molecule has 0 radical (unpaired) electrons. The first-order valence-electron chi connectivity index (χ1n) is 22.4. The van der Waals surface area contributed by atoms with Gasteiger partial charge in [-0.25, -0.2) is 0 Å². The van der Waals surface area contributed by atoms with Crippen molar-refractivity contribution in [1.82, 2.24) is 9.13 Å². The lowest BCUT2D eigenvalue weighted by atomic mass is 9.82. The Balaban J connectivity index is 0.00000219. The maximum Gasteiger partial charge on any atom is 0.130 e. The molecule has 0 amide bonds. The van der Waals surface area contributed by atoms with Gasteiger partial charge in [-0.1, -0.05) is 175 Å². The van der Waals surface area contributed by atoms with Crippen LogP contribution in [-0.4, -0.2) is 9.13 Å². The average Bonchev–Trinajstić information content (AvgIpc) is 4.01. The van der Waals surface area contributed by atoms with Crippen molar-refractivity contribution in [1.29, 1.82) is 0 Å². The molecule has 0 unspecified atom stereocenters. The van der Waals surface area contributed by atoms with Gasteiger partial charge in [-0.05, 0) is 117 Å². The Morgan fingerprint density at radius 2 is 0.905 bits per heavy atom. The molecule has 306 valence electrons. The van der Waals surface area contributed by atoms with Crippen LogP contribution in [0.15, 0.2) is 200 Å². The third kappa shape index (κ3) is 5.87. The largest absolute Gasteiger partial charge is 0.310 e. The van der Waals surface area contributed by atoms with E-state index in [1.54, 1.807) is 0 Å². The summed E-state index contributed by atoms with van der Waals surface area (Å²) in [5.41, 5.74) is 21.0. The summed E-state index contributed by atoms with van der Waals surface area (Å²) in [6.07, 6.45) is 0. The highest BCUT2D eigenvalue weighted by Crippen LogP contribution is 2.51. The van der Waals surface area contributed by atoms with E-state index < -0.39 is 0 Å². The first kappa shape index (κ1) is 38.6. The van der Waals surface area contributed by atoms with E-state index in [1.807, 2.05) is 13.8 Å². The highest BCUT2D eigenvalue weighted by atomic mass is 15.2. The summed E-state index contributed by atoms with van der Waals surface area (Å²) in [7, 11) is 0. The second kappa shape index (κ2) is 14.6. The van der Waals surface area contributed by atoms with Gasteiger partial charge in [0.1, 0.15) is 5.65 Å². The zero-order chi connectivity index (χ0) is 43.0. The van der Waals surface area contributed by atoms with Gasteiger partial charge in [0, 0.05) is 50.0 Å². The smallest absolute Gasteiger partial charge is 0.130 e. The molecule has 2 aliphatic rings. The van der Waals surface area contributed by atoms with Crippen molar-refractivity contribution in [3.8, 4) is 44.8 Å². The molecule has 0 bridgehead atoms. The SMILES string of the molecule is CC.CC1(C)c2ccccc2-c2ccc(N(c3ccc(-c4ccccc4)cc3)c3ccc(-c4ccc(-n5c6ccccc6c6cc7n(c65)-c5ccccc5C7(C)C)cc4)cc3)cc21. The minimum Gasteiger partial charge on any atom is -0.310 e. The lowest BCUT2D eigenvalue weighted by Crippen LogP contribution is -2.16. The Bertz CT molecular complexity index is 3320. The van der Waals surface area contributed by atoms with E-state index in [1.165, 1.54) is 83.4 Å². The fourth-order valence-electron chi connectivity index (χ4n) is 10.5. The number of fused-ring (bicyclic) bond motifs is 10. The maximum absolute atomic E-state index is 2.50. The average molecular weight is 814 g/mol. The summed E-state index contributed by atoms with van der Waals surface area (Å²) >= 11 is 0. The van der Waals surface area contributed by atoms with E-state index in [2.05, 4.69) is 242 Å². The van der Waals surface area contributed by atoms with Crippen molar-refractivity contribution in [2.75, 3.05) is 4.90 Å². The van der Waals surface area contributed by atoms with Crippen LogP contribution in [0.2, 0.25) is 0 Å². The van der Waals surface area contributed by atoms with Gasteiger partial charge < -0.3 is 4.90 Å². The molecule has 0 N–H and O–H groups in total. The molecule has 3 heterocycles. The van der Waals surface area contributed by atoms with Crippen molar-refractivity contribution in [3.05, 3.63) is 223 Å². The predicted octanol–water partition coefficient (Wildman–Crippen LogP) is 16.3. The van der Waals surface area contributed by atoms with Crippen molar-refractivity contribution in [2.24, 2.45) is 0 Å². The quantitative estimate of drug-likeness (QED) is 0.163. The molecule has 0 spiro atoms. The van der Waals surface area contributed by atoms with Gasteiger partial charge in [0.05, 0.1) is 11.2 Å². The summed E-state index contributed by atoms with van der Waals surface area (Å²) in [5.74, 6) is 0. The summed E-state index contributed by atoms with van der Waals surface area (Å²) in [6.45, 7) is 13.4. The van der Waals surface area contributed by atoms with Crippen LogP contribution < -0.4 is 4.90 Å². The van der Waals surface area contributed by atoms with Gasteiger partial charge in [-0.3, -0.25) is 9.13 Å². The number of aromatic nitrogens is 2. The van der Waals surface area contributed by atoms with E-state index in [0.717, 1.165) is 22.7 Å². The predicted molar refractivity (Wildman–Crippen MR) is 267 cm³/mol. The highest BCUT2D eigenvalue weighted by Gasteiger charge is 2.39. The summed E-state index contributed by atoms with van der Waals surface area (Å²) in [6, 6.07) is 73.8. The van der Waals surface area contributed by atoms with Crippen LogP contribution in [0.4, 0.5) is 17.1 Å². The second-order valence-corrected chi connectivity index (χ2v) is 17.8. The van der Waals surface area contributed by atoms with Crippen LogP contribution in [-0.2, 0) is 10.8 Å². The molecule has 1 aliphatic carbocycles. The maximum atomic E-state index is 2.50. The first-order chi connectivity index (χ1) is 30.8. The van der Waals surface area contributed by atoms with Gasteiger partial charge in [0.2, 0.25) is 0 Å². The van der Waals surface area contributed by atoms with Crippen LogP contribution in [0.3, 0.4) is 0 Å². The van der Waals surface area contributed by atoms with E-state index in [-0.39, 0.29) is 10.8 Å². The van der Waals surface area contributed by atoms with Crippen LogP contribution in [0, 0.1) is 0 Å². The molecule has 10 aromatic rings. The van der Waals surface area contributed by atoms with E-state index in [0.29, 0.717) is 0 Å². The van der Waals surface area contributed by atoms with Crippen LogP contribution in [0.1, 0.15) is 63.9 Å². The van der Waals surface area contributed by atoms with E-state index >= 15 is 0 Å². The van der Waals surface area contributed by atoms with Gasteiger partial charge in [0.15, 0.2) is 0 Å². The molecule has 3 heteroatoms. The van der Waals surface area contributed by atoms with E-state index in [9.17, 15) is 0 Å². The number of hydrogen-bond donors (Lipinski definition) is 0. The minimum atomic E-state index is -0.0951. The van der Waals surface area contributed by atoms with Crippen molar-refractivity contribution in [2.45, 2.75) is 52.4 Å². The standard InChI is InChI=1S/C58H45N3.C2H6/c1-57(2)50-18-10-8-16-46(50)47-35-34-45(36-52(47)57)59(42-28-22-39(23-29-42)38-14-6-5-7-15-38)43-30-24-40(25-31-43)41-26-32-44(33-27-41)60-53-20-12-9-17-48(53)49-37-55-58(3,4)51-19-11-13-21-54(51)61(55)56(49)60;1-2/h5-37H,1-4H3;1-2H3. The summed E-state index contributed by atoms with van der Waals surface area (Å²) in [4.78, 5) is 2.40. The molecular formula is C60H51N3. The monoisotopic (exact) mass is 813 g/mol. The molecule has 0 fully saturated rings. The zero-order valence-electron chi connectivity index (χ0n) is 36.9. The third-order valence-corrected chi connectivity index (χ3v) is 13.7. The van der Waals surface area contributed by atoms with Crippen LogP contribution in [0.25, 0.3) is 66.7 Å². The Kier molecular flexibility index (Phi) is 8.96. The highest BCUT2D eigenvalue weighted by molar-refractivity contribution is 6.10. The normalized spacial score (nSPS) is 13.8. The summed E-state index contributed by atoms with van der Waals surface area (Å²) < 4.78 is 4.95. The molecule has 8 aromatic carbocycles. The topological polar surface area (TPSA) is 13.1 Å². The fraction of sp³-hybridized carbons (Fsp3) is 0.133. The van der Waals surface area contributed by atoms with Crippen molar-refractivity contribution < 1.29 is 0 Å². The number of anilines is 3. The number of hydrogen-bond acceptors (Lipinski definition) is 1. The van der Waals surface area contributed by atoms with Crippen LogP contribution >= 0.6 is 0 Å². The van der Waals surface area contributed by atoms with Gasteiger partial charge in [-0.15, -0.1) is 0 Å². The summed E-state index contributed by atoms with van der Waals surface area (Å²) in [5, 5.41) is 2.58. The van der Waals surface area contributed by atoms with Gasteiger partial charge >= 0.3 is 0 Å². The number of nitrogens with zero attached hydrogens (tertiary/aromatic N) is 3. The Morgan fingerprint density at radius 1 is 0.381 bits per heavy atom. The molecule has 0 saturated heterocycles. The van der Waals surface area contributed by atoms with Crippen molar-refractivity contribution >= 4 is 39.0 Å².